The second kappa shape index (κ2) is 3.61. The summed E-state index contributed by atoms with van der Waals surface area (Å²) in [4.78, 5) is 11.3. The van der Waals surface area contributed by atoms with Gasteiger partial charge in [-0.15, -0.1) is 0 Å². The van der Waals surface area contributed by atoms with E-state index in [-0.39, 0.29) is 12.0 Å². The molecule has 0 amide bonds. The van der Waals surface area contributed by atoms with Crippen molar-refractivity contribution < 1.29 is 9.53 Å². The molecule has 2 rings (SSSR count). The lowest BCUT2D eigenvalue weighted by Gasteiger charge is -2.07. The molecule has 0 aromatic heterocycles. The Morgan fingerprint density at radius 2 is 2.43 bits per heavy atom. The van der Waals surface area contributed by atoms with Gasteiger partial charge in [-0.05, 0) is 23.8 Å². The van der Waals surface area contributed by atoms with Crippen LogP contribution in [0, 0.1) is 0 Å². The monoisotopic (exact) mass is 255 g/mol. The van der Waals surface area contributed by atoms with E-state index in [2.05, 4.69) is 26.0 Å². The third-order valence-corrected chi connectivity index (χ3v) is 2.80. The van der Waals surface area contributed by atoms with E-state index in [9.17, 15) is 4.79 Å². The molecule has 1 heterocycles. The Hall–Kier alpha value is -1.03. The average Bonchev–Trinajstić information content (AvgIpc) is 2.59. The van der Waals surface area contributed by atoms with Gasteiger partial charge >= 0.3 is 5.97 Å². The molecule has 0 aliphatic carbocycles. The quantitative estimate of drug-likeness (QED) is 0.780. The van der Waals surface area contributed by atoms with Crippen molar-refractivity contribution in [1.82, 2.24) is 0 Å². The molecular weight excluding hydrogens is 246 g/mol. The maximum absolute atomic E-state index is 11.3. The van der Waals surface area contributed by atoms with Crippen LogP contribution in [0.4, 0.5) is 5.69 Å². The van der Waals surface area contributed by atoms with E-state index in [0.717, 1.165) is 15.7 Å². The molecule has 74 valence electrons. The van der Waals surface area contributed by atoms with Gasteiger partial charge in [-0.1, -0.05) is 15.9 Å². The third-order valence-electron chi connectivity index (χ3n) is 2.31. The van der Waals surface area contributed by atoms with Crippen molar-refractivity contribution >= 4 is 27.6 Å². The minimum absolute atomic E-state index is 0.211. The molecule has 1 atom stereocenters. The van der Waals surface area contributed by atoms with Gasteiger partial charge in [0.25, 0.3) is 0 Å². The Kier molecular flexibility index (Phi) is 2.46. The summed E-state index contributed by atoms with van der Waals surface area (Å²) in [5.74, 6) is -0.211. The third kappa shape index (κ3) is 1.62. The van der Waals surface area contributed by atoms with Crippen molar-refractivity contribution in [3.63, 3.8) is 0 Å². The lowest BCUT2D eigenvalue weighted by atomic mass is 10.1. The van der Waals surface area contributed by atoms with Crippen molar-refractivity contribution in [2.75, 3.05) is 12.4 Å². The highest BCUT2D eigenvalue weighted by Crippen LogP contribution is 2.28. The number of carbonyl (C=O) groups is 1. The van der Waals surface area contributed by atoms with Crippen LogP contribution >= 0.6 is 15.9 Å². The average molecular weight is 256 g/mol. The molecule has 1 aromatic carbocycles. The number of anilines is 1. The number of methoxy groups -OCH3 is 1. The molecule has 1 aliphatic heterocycles. The predicted octanol–water partition coefficient (Wildman–Crippen LogP) is 1.96. The standard InChI is InChI=1S/C10H10BrNO2/c1-14-10(13)9-5-6-4-7(11)2-3-8(6)12-9/h2-4,9,12H,5H2,1H3/t9-/m0/s1. The highest BCUT2D eigenvalue weighted by molar-refractivity contribution is 9.10. The van der Waals surface area contributed by atoms with Crippen molar-refractivity contribution in [2.45, 2.75) is 12.5 Å². The van der Waals surface area contributed by atoms with E-state index >= 15 is 0 Å². The number of hydrogen-bond acceptors (Lipinski definition) is 3. The molecule has 1 aromatic rings. The SMILES string of the molecule is COC(=O)[C@@H]1Cc2cc(Br)ccc2N1. The van der Waals surface area contributed by atoms with E-state index in [0.29, 0.717) is 6.42 Å². The zero-order valence-corrected chi connectivity index (χ0v) is 9.30. The first-order valence-electron chi connectivity index (χ1n) is 4.33. The summed E-state index contributed by atoms with van der Waals surface area (Å²) >= 11 is 3.39. The Bertz CT molecular complexity index is 378. The van der Waals surface area contributed by atoms with E-state index in [1.165, 1.54) is 7.11 Å². The molecule has 0 spiro atoms. The van der Waals surface area contributed by atoms with Gasteiger partial charge < -0.3 is 10.1 Å². The fraction of sp³-hybridized carbons (Fsp3) is 0.300. The van der Waals surface area contributed by atoms with E-state index in [4.69, 9.17) is 0 Å². The highest BCUT2D eigenvalue weighted by atomic mass is 79.9. The second-order valence-corrected chi connectivity index (χ2v) is 4.14. The summed E-state index contributed by atoms with van der Waals surface area (Å²) in [6.07, 6.45) is 0.696. The molecule has 0 radical (unpaired) electrons. The molecule has 1 aliphatic rings. The number of benzene rings is 1. The van der Waals surface area contributed by atoms with Crippen LogP contribution in [0.1, 0.15) is 5.56 Å². The summed E-state index contributed by atoms with van der Waals surface area (Å²) in [7, 11) is 1.41. The summed E-state index contributed by atoms with van der Waals surface area (Å²) in [6.45, 7) is 0. The van der Waals surface area contributed by atoms with E-state index < -0.39 is 0 Å². The number of carbonyl (C=O) groups excluding carboxylic acids is 1. The zero-order chi connectivity index (χ0) is 10.1. The van der Waals surface area contributed by atoms with Crippen LogP contribution < -0.4 is 5.32 Å². The maximum Gasteiger partial charge on any atom is 0.328 e. The molecule has 0 saturated heterocycles. The Balaban J connectivity index is 2.22. The number of halogens is 1. The second-order valence-electron chi connectivity index (χ2n) is 3.23. The lowest BCUT2D eigenvalue weighted by Crippen LogP contribution is -2.27. The van der Waals surface area contributed by atoms with Gasteiger partial charge in [0.05, 0.1) is 7.11 Å². The molecule has 0 bridgehead atoms. The topological polar surface area (TPSA) is 38.3 Å². The van der Waals surface area contributed by atoms with E-state index in [1.807, 2.05) is 18.2 Å². The maximum atomic E-state index is 11.3. The van der Waals surface area contributed by atoms with Crippen molar-refractivity contribution in [1.29, 1.82) is 0 Å². The molecule has 1 N–H and O–H groups in total. The van der Waals surface area contributed by atoms with Gasteiger partial charge in [0.1, 0.15) is 6.04 Å². The molecule has 14 heavy (non-hydrogen) atoms. The van der Waals surface area contributed by atoms with Gasteiger partial charge in [0.2, 0.25) is 0 Å². The van der Waals surface area contributed by atoms with Crippen molar-refractivity contribution in [3.05, 3.63) is 28.2 Å². The summed E-state index contributed by atoms with van der Waals surface area (Å²) in [5, 5.41) is 3.12. The Morgan fingerprint density at radius 3 is 3.14 bits per heavy atom. The smallest absolute Gasteiger partial charge is 0.328 e. The first-order valence-corrected chi connectivity index (χ1v) is 5.13. The van der Waals surface area contributed by atoms with Crippen LogP contribution in [0.25, 0.3) is 0 Å². The lowest BCUT2D eigenvalue weighted by molar-refractivity contribution is -0.141. The molecule has 3 nitrogen and oxygen atoms in total. The molecular formula is C10H10BrNO2. The first kappa shape index (κ1) is 9.52. The number of esters is 1. The minimum atomic E-state index is -0.232. The molecule has 4 heteroatoms. The number of hydrogen-bond donors (Lipinski definition) is 1. The summed E-state index contributed by atoms with van der Waals surface area (Å²) < 4.78 is 5.71. The van der Waals surface area contributed by atoms with Crippen LogP contribution in [-0.4, -0.2) is 19.1 Å². The van der Waals surface area contributed by atoms with Crippen LogP contribution in [-0.2, 0) is 16.0 Å². The zero-order valence-electron chi connectivity index (χ0n) is 7.71. The largest absolute Gasteiger partial charge is 0.467 e. The summed E-state index contributed by atoms with van der Waals surface area (Å²) in [6, 6.07) is 5.70. The van der Waals surface area contributed by atoms with Gasteiger partial charge in [-0.3, -0.25) is 0 Å². The fourth-order valence-corrected chi connectivity index (χ4v) is 2.02. The highest BCUT2D eigenvalue weighted by Gasteiger charge is 2.27. The first-order chi connectivity index (χ1) is 6.70. The number of ether oxygens (including phenoxy) is 1. The molecule has 0 saturated carbocycles. The number of fused-ring (bicyclic) bond motifs is 1. The van der Waals surface area contributed by atoms with Crippen LogP contribution in [0.5, 0.6) is 0 Å². The van der Waals surface area contributed by atoms with Gasteiger partial charge in [-0.25, -0.2) is 4.79 Å². The van der Waals surface area contributed by atoms with Crippen LogP contribution in [0.3, 0.4) is 0 Å². The number of rotatable bonds is 1. The Morgan fingerprint density at radius 1 is 1.64 bits per heavy atom. The van der Waals surface area contributed by atoms with Gasteiger partial charge in [0, 0.05) is 16.6 Å². The summed E-state index contributed by atoms with van der Waals surface area (Å²) in [5.41, 5.74) is 2.17. The normalized spacial score (nSPS) is 18.6. The minimum Gasteiger partial charge on any atom is -0.467 e. The van der Waals surface area contributed by atoms with Gasteiger partial charge in [0.15, 0.2) is 0 Å². The molecule has 0 unspecified atom stereocenters. The number of nitrogens with one attached hydrogen (secondary N) is 1. The van der Waals surface area contributed by atoms with Crippen LogP contribution in [0.15, 0.2) is 22.7 Å². The van der Waals surface area contributed by atoms with Crippen molar-refractivity contribution in [3.8, 4) is 0 Å². The van der Waals surface area contributed by atoms with Crippen LogP contribution in [0.2, 0.25) is 0 Å². The predicted molar refractivity (Wildman–Crippen MR) is 57.3 cm³/mol. The molecule has 0 fully saturated rings. The van der Waals surface area contributed by atoms with E-state index in [1.54, 1.807) is 0 Å². The fourth-order valence-electron chi connectivity index (χ4n) is 1.62. The Labute approximate surface area is 90.6 Å². The van der Waals surface area contributed by atoms with Gasteiger partial charge in [-0.2, -0.15) is 0 Å². The van der Waals surface area contributed by atoms with Crippen molar-refractivity contribution in [2.24, 2.45) is 0 Å².